The van der Waals surface area contributed by atoms with E-state index in [-0.39, 0.29) is 10.5 Å². The van der Waals surface area contributed by atoms with E-state index in [4.69, 9.17) is 5.11 Å². The van der Waals surface area contributed by atoms with Gasteiger partial charge in [-0.25, -0.2) is 13.2 Å². The Morgan fingerprint density at radius 3 is 1.89 bits per heavy atom. The summed E-state index contributed by atoms with van der Waals surface area (Å²) in [7, 11) is -3.55. The van der Waals surface area contributed by atoms with Crippen molar-refractivity contribution in [2.24, 2.45) is 0 Å². The fourth-order valence-corrected chi connectivity index (χ4v) is 4.63. The highest BCUT2D eigenvalue weighted by molar-refractivity contribution is 7.89. The number of sulfonamides is 1. The molecule has 0 aromatic heterocycles. The lowest BCUT2D eigenvalue weighted by Crippen LogP contribution is -2.31. The van der Waals surface area contributed by atoms with E-state index in [1.807, 2.05) is 0 Å². The topological polar surface area (TPSA) is 104 Å². The Labute approximate surface area is 164 Å². The third kappa shape index (κ3) is 4.58. The van der Waals surface area contributed by atoms with Crippen molar-refractivity contribution in [3.8, 4) is 0 Å². The summed E-state index contributed by atoms with van der Waals surface area (Å²) in [5.74, 6) is -1.44. The predicted octanol–water partition coefficient (Wildman–Crippen LogP) is 3.20. The zero-order chi connectivity index (χ0) is 20.1. The molecule has 2 aromatic carbocycles. The number of carbonyl (C=O) groups excluding carboxylic acids is 1. The van der Waals surface area contributed by atoms with Crippen molar-refractivity contribution in [1.82, 2.24) is 4.31 Å². The summed E-state index contributed by atoms with van der Waals surface area (Å²) in [6.45, 7) is 1.05. The molecule has 0 spiro atoms. The lowest BCUT2D eigenvalue weighted by molar-refractivity contribution is 0.0696. The van der Waals surface area contributed by atoms with Gasteiger partial charge in [0.1, 0.15) is 0 Å². The van der Waals surface area contributed by atoms with Crippen molar-refractivity contribution < 1.29 is 23.1 Å². The lowest BCUT2D eigenvalue weighted by atomic mass is 10.2. The van der Waals surface area contributed by atoms with Crippen LogP contribution in [0.1, 0.15) is 46.4 Å². The second-order valence-corrected chi connectivity index (χ2v) is 8.62. The molecule has 8 heteroatoms. The Bertz CT molecular complexity index is 945. The van der Waals surface area contributed by atoms with Crippen LogP contribution >= 0.6 is 0 Å². The van der Waals surface area contributed by atoms with Crippen LogP contribution in [0.5, 0.6) is 0 Å². The van der Waals surface area contributed by atoms with E-state index in [2.05, 4.69) is 5.32 Å². The van der Waals surface area contributed by atoms with Gasteiger partial charge in [-0.3, -0.25) is 4.79 Å². The lowest BCUT2D eigenvalue weighted by Gasteiger charge is -2.20. The molecule has 0 unspecified atom stereocenters. The highest BCUT2D eigenvalue weighted by atomic mass is 32.2. The van der Waals surface area contributed by atoms with Gasteiger partial charge in [0.25, 0.3) is 5.91 Å². The Kier molecular flexibility index (Phi) is 6.11. The minimum atomic E-state index is -3.55. The standard InChI is InChI=1S/C20H22N2O5S/c23-19(21-17-9-5-16(6-10-17)20(24)25)15-7-11-18(12-8-15)28(26,27)22-13-3-1-2-4-14-22/h5-12H,1-4,13-14H2,(H,21,23)(H,24,25). The Morgan fingerprint density at radius 2 is 1.36 bits per heavy atom. The molecule has 0 saturated carbocycles. The molecule has 1 aliphatic heterocycles. The normalized spacial score (nSPS) is 15.6. The van der Waals surface area contributed by atoms with Crippen molar-refractivity contribution >= 4 is 27.6 Å². The second kappa shape index (κ2) is 8.53. The maximum absolute atomic E-state index is 12.8. The highest BCUT2D eigenvalue weighted by Gasteiger charge is 2.25. The average Bonchev–Trinajstić information content (AvgIpc) is 2.98. The van der Waals surface area contributed by atoms with Gasteiger partial charge in [0.15, 0.2) is 0 Å². The van der Waals surface area contributed by atoms with Crippen LogP contribution in [0.25, 0.3) is 0 Å². The number of rotatable bonds is 5. The number of amides is 1. The molecule has 148 valence electrons. The van der Waals surface area contributed by atoms with Gasteiger partial charge in [0.05, 0.1) is 10.5 Å². The molecule has 1 fully saturated rings. The summed E-state index contributed by atoms with van der Waals surface area (Å²) in [6.07, 6.45) is 3.80. The average molecular weight is 402 g/mol. The number of nitrogens with zero attached hydrogens (tertiary/aromatic N) is 1. The summed E-state index contributed by atoms with van der Waals surface area (Å²) in [4.78, 5) is 23.4. The quantitative estimate of drug-likeness (QED) is 0.799. The van der Waals surface area contributed by atoms with Gasteiger partial charge in [-0.15, -0.1) is 0 Å². The molecule has 3 rings (SSSR count). The smallest absolute Gasteiger partial charge is 0.335 e. The van der Waals surface area contributed by atoms with Gasteiger partial charge in [-0.05, 0) is 61.4 Å². The minimum absolute atomic E-state index is 0.126. The fourth-order valence-electron chi connectivity index (χ4n) is 3.11. The van der Waals surface area contributed by atoms with Gasteiger partial charge in [-0.1, -0.05) is 12.8 Å². The predicted molar refractivity (Wildman–Crippen MR) is 105 cm³/mol. The van der Waals surface area contributed by atoms with Crippen molar-refractivity contribution in [3.63, 3.8) is 0 Å². The van der Waals surface area contributed by atoms with Crippen LogP contribution in [0.3, 0.4) is 0 Å². The summed E-state index contributed by atoms with van der Waals surface area (Å²) in [6, 6.07) is 11.6. The van der Waals surface area contributed by atoms with Gasteiger partial charge < -0.3 is 10.4 Å². The van der Waals surface area contributed by atoms with Gasteiger partial charge in [0, 0.05) is 24.3 Å². The van der Waals surface area contributed by atoms with Crippen LogP contribution in [0.2, 0.25) is 0 Å². The van der Waals surface area contributed by atoms with Gasteiger partial charge in [0.2, 0.25) is 10.0 Å². The van der Waals surface area contributed by atoms with E-state index in [9.17, 15) is 18.0 Å². The Morgan fingerprint density at radius 1 is 0.821 bits per heavy atom. The molecule has 2 N–H and O–H groups in total. The Balaban J connectivity index is 1.70. The van der Waals surface area contributed by atoms with E-state index in [0.717, 1.165) is 25.7 Å². The monoisotopic (exact) mass is 402 g/mol. The molecule has 0 aliphatic carbocycles. The van der Waals surface area contributed by atoms with E-state index < -0.39 is 21.9 Å². The van der Waals surface area contributed by atoms with Crippen molar-refractivity contribution in [1.29, 1.82) is 0 Å². The highest BCUT2D eigenvalue weighted by Crippen LogP contribution is 2.21. The Hall–Kier alpha value is -2.71. The summed E-state index contributed by atoms with van der Waals surface area (Å²) >= 11 is 0. The van der Waals surface area contributed by atoms with Crippen LogP contribution in [0.15, 0.2) is 53.4 Å². The van der Waals surface area contributed by atoms with E-state index in [1.54, 1.807) is 0 Å². The molecular formula is C20H22N2O5S. The van der Waals surface area contributed by atoms with E-state index in [1.165, 1.54) is 52.8 Å². The van der Waals surface area contributed by atoms with Crippen molar-refractivity contribution in [2.75, 3.05) is 18.4 Å². The number of hydrogen-bond donors (Lipinski definition) is 2. The van der Waals surface area contributed by atoms with E-state index in [0.29, 0.717) is 24.3 Å². The van der Waals surface area contributed by atoms with Gasteiger partial charge >= 0.3 is 5.97 Å². The molecule has 7 nitrogen and oxygen atoms in total. The number of aromatic carboxylic acids is 1. The number of anilines is 1. The first-order chi connectivity index (χ1) is 13.4. The third-order valence-electron chi connectivity index (χ3n) is 4.71. The van der Waals surface area contributed by atoms with Crippen LogP contribution in [-0.4, -0.2) is 42.8 Å². The zero-order valence-electron chi connectivity index (χ0n) is 15.3. The van der Waals surface area contributed by atoms with E-state index >= 15 is 0 Å². The third-order valence-corrected chi connectivity index (χ3v) is 6.62. The number of carboxylic acids is 1. The summed E-state index contributed by atoms with van der Waals surface area (Å²) in [5.41, 5.74) is 0.898. The number of hydrogen-bond acceptors (Lipinski definition) is 4. The number of carbonyl (C=O) groups is 2. The molecule has 28 heavy (non-hydrogen) atoms. The molecule has 1 aliphatic rings. The fraction of sp³-hybridized carbons (Fsp3) is 0.300. The number of benzene rings is 2. The maximum Gasteiger partial charge on any atom is 0.335 e. The number of nitrogens with one attached hydrogen (secondary N) is 1. The zero-order valence-corrected chi connectivity index (χ0v) is 16.1. The summed E-state index contributed by atoms with van der Waals surface area (Å²) in [5, 5.41) is 11.6. The van der Waals surface area contributed by atoms with Crippen LogP contribution in [0, 0.1) is 0 Å². The van der Waals surface area contributed by atoms with Crippen LogP contribution < -0.4 is 5.32 Å². The summed E-state index contributed by atoms with van der Waals surface area (Å²) < 4.78 is 27.1. The largest absolute Gasteiger partial charge is 0.478 e. The molecule has 1 saturated heterocycles. The van der Waals surface area contributed by atoms with Crippen LogP contribution in [0.4, 0.5) is 5.69 Å². The molecular weight excluding hydrogens is 380 g/mol. The molecule has 1 heterocycles. The first-order valence-electron chi connectivity index (χ1n) is 9.13. The molecule has 2 aromatic rings. The SMILES string of the molecule is O=C(O)c1ccc(NC(=O)c2ccc(S(=O)(=O)N3CCCCCC3)cc2)cc1. The molecule has 1 amide bonds. The maximum atomic E-state index is 12.8. The van der Waals surface area contributed by atoms with Gasteiger partial charge in [-0.2, -0.15) is 4.31 Å². The second-order valence-electron chi connectivity index (χ2n) is 6.68. The van der Waals surface area contributed by atoms with Crippen molar-refractivity contribution in [2.45, 2.75) is 30.6 Å². The minimum Gasteiger partial charge on any atom is -0.478 e. The number of carboxylic acid groups (broad SMARTS) is 1. The van der Waals surface area contributed by atoms with Crippen LogP contribution in [-0.2, 0) is 10.0 Å². The first kappa shape index (κ1) is 20.0. The molecule has 0 bridgehead atoms. The first-order valence-corrected chi connectivity index (χ1v) is 10.6. The van der Waals surface area contributed by atoms with Crippen molar-refractivity contribution in [3.05, 3.63) is 59.7 Å². The molecule has 0 atom stereocenters. The molecule has 0 radical (unpaired) electrons.